The predicted octanol–water partition coefficient (Wildman–Crippen LogP) is 2.83. The summed E-state index contributed by atoms with van der Waals surface area (Å²) in [6.45, 7) is 6.95. The van der Waals surface area contributed by atoms with Gasteiger partial charge in [0.05, 0.1) is 11.7 Å². The Bertz CT molecular complexity index is 1120. The van der Waals surface area contributed by atoms with E-state index < -0.39 is 6.04 Å². The van der Waals surface area contributed by atoms with Crippen molar-refractivity contribution >= 4 is 27.7 Å². The number of piperidine rings is 1. The molecule has 2 atom stereocenters. The van der Waals surface area contributed by atoms with E-state index in [1.54, 1.807) is 13.2 Å². The number of hydrogen-bond acceptors (Lipinski definition) is 4. The molecule has 7 heteroatoms. The highest BCUT2D eigenvalue weighted by molar-refractivity contribution is 6.08. The first kappa shape index (κ1) is 20.6. The Hall–Kier alpha value is -2.67. The van der Waals surface area contributed by atoms with Crippen LogP contribution in [0.2, 0.25) is 0 Å². The third-order valence-corrected chi connectivity index (χ3v) is 6.43. The summed E-state index contributed by atoms with van der Waals surface area (Å²) in [4.78, 5) is 28.3. The highest BCUT2D eigenvalue weighted by Gasteiger charge is 2.23. The molecule has 3 heterocycles. The van der Waals surface area contributed by atoms with Gasteiger partial charge in [0.2, 0.25) is 5.91 Å². The predicted molar refractivity (Wildman–Crippen MR) is 120 cm³/mol. The minimum atomic E-state index is -0.489. The monoisotopic (exact) mass is 409 g/mol. The van der Waals surface area contributed by atoms with Crippen LogP contribution >= 0.6 is 0 Å². The summed E-state index contributed by atoms with van der Waals surface area (Å²) >= 11 is 0. The number of likely N-dealkylation sites (tertiary alicyclic amines) is 1. The van der Waals surface area contributed by atoms with Gasteiger partial charge in [-0.1, -0.05) is 24.6 Å². The van der Waals surface area contributed by atoms with Crippen LogP contribution in [0.15, 0.2) is 35.3 Å². The van der Waals surface area contributed by atoms with E-state index in [9.17, 15) is 9.59 Å². The molecule has 1 N–H and O–H groups in total. The number of nitrogens with zero attached hydrogens (tertiary/aromatic N) is 4. The first-order valence-corrected chi connectivity index (χ1v) is 11.0. The van der Waals surface area contributed by atoms with E-state index in [4.69, 9.17) is 0 Å². The van der Waals surface area contributed by atoms with Gasteiger partial charge in [-0.25, -0.2) is 4.68 Å². The first-order valence-electron chi connectivity index (χ1n) is 11.0. The number of amides is 1. The maximum Gasteiger partial charge on any atom is 0.291 e. The van der Waals surface area contributed by atoms with Crippen molar-refractivity contribution in [3.63, 3.8) is 0 Å². The van der Waals surface area contributed by atoms with Gasteiger partial charge in [0, 0.05) is 37.0 Å². The molecule has 0 aliphatic carbocycles. The summed E-state index contributed by atoms with van der Waals surface area (Å²) in [5.74, 6) is -0.0665. The fourth-order valence-electron chi connectivity index (χ4n) is 4.64. The van der Waals surface area contributed by atoms with Crippen LogP contribution in [0.25, 0.3) is 21.8 Å². The van der Waals surface area contributed by atoms with E-state index >= 15 is 0 Å². The van der Waals surface area contributed by atoms with Gasteiger partial charge >= 0.3 is 0 Å². The van der Waals surface area contributed by atoms with Crippen LogP contribution in [-0.2, 0) is 11.8 Å². The lowest BCUT2D eigenvalue weighted by Gasteiger charge is -2.33. The molecule has 0 radical (unpaired) electrons. The van der Waals surface area contributed by atoms with Crippen molar-refractivity contribution in [2.75, 3.05) is 19.6 Å². The Balaban J connectivity index is 1.52. The molecule has 0 saturated carbocycles. The highest BCUT2D eigenvalue weighted by Crippen LogP contribution is 2.29. The first-order chi connectivity index (χ1) is 14.5. The molecule has 1 aliphatic heterocycles. The third kappa shape index (κ3) is 3.74. The van der Waals surface area contributed by atoms with Crippen molar-refractivity contribution < 1.29 is 4.79 Å². The molecule has 0 spiro atoms. The van der Waals surface area contributed by atoms with Crippen molar-refractivity contribution in [2.45, 2.75) is 51.6 Å². The van der Waals surface area contributed by atoms with Crippen molar-refractivity contribution in [3.05, 3.63) is 40.8 Å². The fraction of sp³-hybridized carbons (Fsp3) is 0.522. The van der Waals surface area contributed by atoms with Crippen LogP contribution in [0, 0.1) is 0 Å². The molecule has 1 aromatic carbocycles. The van der Waals surface area contributed by atoms with Gasteiger partial charge in [0.1, 0.15) is 11.6 Å². The molecule has 1 fully saturated rings. The molecular weight excluding hydrogens is 378 g/mol. The standard InChI is InChI=1S/C23H31N5O2/c1-16-9-6-7-13-27(16)14-8-12-24-22(29)17(2)28-20-11-5-4-10-18(20)19-15-25-26(3)23(30)21(19)28/h4-5,10-11,15-17H,6-9,12-14H2,1-3H3,(H,24,29)/t16-,17+/m1/s1. The Morgan fingerprint density at radius 1 is 1.27 bits per heavy atom. The van der Waals surface area contributed by atoms with Gasteiger partial charge in [-0.15, -0.1) is 0 Å². The average molecular weight is 410 g/mol. The second-order valence-electron chi connectivity index (χ2n) is 8.42. The number of benzene rings is 1. The van der Waals surface area contributed by atoms with E-state index in [1.165, 1.54) is 23.9 Å². The van der Waals surface area contributed by atoms with E-state index in [0.717, 1.165) is 35.8 Å². The smallest absolute Gasteiger partial charge is 0.291 e. The van der Waals surface area contributed by atoms with Crippen molar-refractivity contribution in [1.29, 1.82) is 0 Å². The maximum atomic E-state index is 13.0. The van der Waals surface area contributed by atoms with Gasteiger partial charge in [-0.2, -0.15) is 5.10 Å². The summed E-state index contributed by atoms with van der Waals surface area (Å²) in [6, 6.07) is 7.94. The third-order valence-electron chi connectivity index (χ3n) is 6.43. The number of aryl methyl sites for hydroxylation is 1. The zero-order chi connectivity index (χ0) is 21.3. The summed E-state index contributed by atoms with van der Waals surface area (Å²) in [6.07, 6.45) is 6.49. The number of hydrogen-bond donors (Lipinski definition) is 1. The number of carbonyl (C=O) groups excluding carboxylic acids is 1. The number of rotatable bonds is 6. The van der Waals surface area contributed by atoms with Crippen molar-refractivity contribution in [3.8, 4) is 0 Å². The summed E-state index contributed by atoms with van der Waals surface area (Å²) < 4.78 is 3.18. The zero-order valence-corrected chi connectivity index (χ0v) is 18.1. The Labute approximate surface area is 176 Å². The summed E-state index contributed by atoms with van der Waals surface area (Å²) in [5, 5.41) is 8.97. The normalized spacial score (nSPS) is 18.7. The second kappa shape index (κ2) is 8.60. The molecule has 1 aliphatic rings. The van der Waals surface area contributed by atoms with Crippen LogP contribution < -0.4 is 10.9 Å². The minimum Gasteiger partial charge on any atom is -0.354 e. The molecule has 4 rings (SSSR count). The SMILES string of the molecule is C[C@@H]1CCCCN1CCCNC(=O)[C@H](C)n1c2ccccc2c2cnn(C)c(=O)c21. The largest absolute Gasteiger partial charge is 0.354 e. The summed E-state index contributed by atoms with van der Waals surface area (Å²) in [7, 11) is 1.64. The van der Waals surface area contributed by atoms with E-state index in [1.807, 2.05) is 35.8 Å². The lowest BCUT2D eigenvalue weighted by molar-refractivity contribution is -0.123. The summed E-state index contributed by atoms with van der Waals surface area (Å²) in [5.41, 5.74) is 1.21. The van der Waals surface area contributed by atoms with Gasteiger partial charge in [0.25, 0.3) is 5.56 Å². The Morgan fingerprint density at radius 3 is 2.87 bits per heavy atom. The molecule has 1 saturated heterocycles. The van der Waals surface area contributed by atoms with Crippen LogP contribution in [-0.4, -0.2) is 50.8 Å². The lowest BCUT2D eigenvalue weighted by Crippen LogP contribution is -2.39. The lowest BCUT2D eigenvalue weighted by atomic mass is 10.0. The van der Waals surface area contributed by atoms with Crippen molar-refractivity contribution in [1.82, 2.24) is 24.6 Å². The quantitative estimate of drug-likeness (QED) is 0.636. The van der Waals surface area contributed by atoms with Crippen LogP contribution in [0.3, 0.4) is 0 Å². The number of carbonyl (C=O) groups is 1. The van der Waals surface area contributed by atoms with Crippen LogP contribution in [0.5, 0.6) is 0 Å². The molecule has 30 heavy (non-hydrogen) atoms. The zero-order valence-electron chi connectivity index (χ0n) is 18.1. The van der Waals surface area contributed by atoms with Gasteiger partial charge < -0.3 is 14.8 Å². The molecular formula is C23H31N5O2. The second-order valence-corrected chi connectivity index (χ2v) is 8.42. The maximum absolute atomic E-state index is 13.0. The number of aromatic nitrogens is 3. The topological polar surface area (TPSA) is 72.2 Å². The van der Waals surface area contributed by atoms with Gasteiger partial charge in [-0.3, -0.25) is 9.59 Å². The molecule has 1 amide bonds. The number of nitrogens with one attached hydrogen (secondary N) is 1. The molecule has 3 aromatic rings. The van der Waals surface area contributed by atoms with Crippen molar-refractivity contribution in [2.24, 2.45) is 7.05 Å². The molecule has 7 nitrogen and oxygen atoms in total. The van der Waals surface area contributed by atoms with E-state index in [2.05, 4.69) is 22.2 Å². The molecule has 2 aromatic heterocycles. The Morgan fingerprint density at radius 2 is 2.07 bits per heavy atom. The van der Waals surface area contributed by atoms with E-state index in [-0.39, 0.29) is 11.5 Å². The minimum absolute atomic E-state index is 0.0665. The molecule has 0 bridgehead atoms. The van der Waals surface area contributed by atoms with Crippen LogP contribution in [0.4, 0.5) is 0 Å². The van der Waals surface area contributed by atoms with E-state index in [0.29, 0.717) is 18.1 Å². The Kier molecular flexibility index (Phi) is 5.90. The fourth-order valence-corrected chi connectivity index (χ4v) is 4.64. The average Bonchev–Trinajstić information content (AvgIpc) is 3.09. The van der Waals surface area contributed by atoms with Crippen LogP contribution in [0.1, 0.15) is 45.6 Å². The van der Waals surface area contributed by atoms with Gasteiger partial charge in [0.15, 0.2) is 0 Å². The molecule has 160 valence electrons. The molecule has 0 unspecified atom stereocenters. The highest BCUT2D eigenvalue weighted by atomic mass is 16.2. The number of para-hydroxylation sites is 1. The number of fused-ring (bicyclic) bond motifs is 3. The van der Waals surface area contributed by atoms with Gasteiger partial charge in [-0.05, 0) is 45.7 Å².